The Labute approximate surface area is 144 Å². The van der Waals surface area contributed by atoms with Crippen LogP contribution in [-0.4, -0.2) is 33.0 Å². The van der Waals surface area contributed by atoms with Crippen molar-refractivity contribution in [2.24, 2.45) is 5.92 Å². The molecule has 132 valence electrons. The van der Waals surface area contributed by atoms with E-state index in [0.29, 0.717) is 11.7 Å². The summed E-state index contributed by atoms with van der Waals surface area (Å²) in [4.78, 5) is 24.8. The van der Waals surface area contributed by atoms with Gasteiger partial charge in [0.2, 0.25) is 11.0 Å². The lowest BCUT2D eigenvalue weighted by atomic mass is 9.83. The lowest BCUT2D eigenvalue weighted by Gasteiger charge is -2.29. The summed E-state index contributed by atoms with van der Waals surface area (Å²) in [5.41, 5.74) is -1.26. The largest absolute Gasteiger partial charge is 0.387 e. The highest BCUT2D eigenvalue weighted by molar-refractivity contribution is 8.14. The summed E-state index contributed by atoms with van der Waals surface area (Å²) < 4.78 is 0. The second kappa shape index (κ2) is 8.52. The van der Waals surface area contributed by atoms with Crippen LogP contribution in [0.1, 0.15) is 78.1 Å². The van der Waals surface area contributed by atoms with Crippen molar-refractivity contribution in [2.75, 3.05) is 0 Å². The van der Waals surface area contributed by atoms with Crippen LogP contribution in [-0.2, 0) is 9.59 Å². The minimum absolute atomic E-state index is 0.0636. The molecule has 3 atom stereocenters. The standard InChI is InChI=1S/C18H31NO3S/c1-3-4-5-9-12-14-16(20)19-15(18(14,2)22)17(21)23-13-10-7-6-8-11-13/h13-15,22H,3-12H2,1-2H3,(H,19,20)/t14?,15-,18-/m0/s1. The second-order valence-corrected chi connectivity index (χ2v) is 8.57. The third-order valence-corrected chi connectivity index (χ3v) is 6.58. The van der Waals surface area contributed by atoms with Crippen molar-refractivity contribution in [3.05, 3.63) is 0 Å². The topological polar surface area (TPSA) is 66.4 Å². The fourth-order valence-electron chi connectivity index (χ4n) is 3.77. The Morgan fingerprint density at radius 2 is 1.96 bits per heavy atom. The van der Waals surface area contributed by atoms with Gasteiger partial charge >= 0.3 is 0 Å². The summed E-state index contributed by atoms with van der Waals surface area (Å²) in [6.45, 7) is 3.80. The highest BCUT2D eigenvalue weighted by atomic mass is 32.2. The molecule has 0 bridgehead atoms. The van der Waals surface area contributed by atoms with Gasteiger partial charge in [-0.1, -0.05) is 63.6 Å². The number of unbranched alkanes of at least 4 members (excludes halogenated alkanes) is 3. The third kappa shape index (κ3) is 4.72. The maximum Gasteiger partial charge on any atom is 0.226 e. The van der Waals surface area contributed by atoms with Gasteiger partial charge in [0.05, 0.1) is 5.92 Å². The Kier molecular flexibility index (Phi) is 6.96. The maximum absolute atomic E-state index is 12.6. The molecule has 2 rings (SSSR count). The van der Waals surface area contributed by atoms with E-state index in [1.165, 1.54) is 31.0 Å². The summed E-state index contributed by atoms with van der Waals surface area (Å²) in [6, 6.07) is -0.752. The Morgan fingerprint density at radius 3 is 2.61 bits per heavy atom. The van der Waals surface area contributed by atoms with E-state index >= 15 is 0 Å². The second-order valence-electron chi connectivity index (χ2n) is 7.27. The first-order chi connectivity index (χ1) is 11.0. The zero-order valence-electron chi connectivity index (χ0n) is 14.5. The van der Waals surface area contributed by atoms with Crippen LogP contribution in [0.5, 0.6) is 0 Å². The van der Waals surface area contributed by atoms with E-state index in [9.17, 15) is 14.7 Å². The molecule has 0 aromatic rings. The van der Waals surface area contributed by atoms with Gasteiger partial charge in [0.15, 0.2) is 0 Å². The van der Waals surface area contributed by atoms with Crippen LogP contribution >= 0.6 is 11.8 Å². The van der Waals surface area contributed by atoms with Crippen molar-refractivity contribution >= 4 is 22.8 Å². The van der Waals surface area contributed by atoms with Crippen molar-refractivity contribution < 1.29 is 14.7 Å². The van der Waals surface area contributed by atoms with E-state index in [1.54, 1.807) is 6.92 Å². The monoisotopic (exact) mass is 341 g/mol. The number of nitrogens with one attached hydrogen (secondary N) is 1. The predicted molar refractivity (Wildman–Crippen MR) is 94.3 cm³/mol. The summed E-state index contributed by atoms with van der Waals surface area (Å²) in [6.07, 6.45) is 10.7. The van der Waals surface area contributed by atoms with Gasteiger partial charge in [-0.05, 0) is 26.2 Å². The Bertz CT molecular complexity index is 418. The van der Waals surface area contributed by atoms with E-state index in [0.717, 1.165) is 38.5 Å². The number of hydrogen-bond acceptors (Lipinski definition) is 4. The average molecular weight is 342 g/mol. The molecule has 4 nitrogen and oxygen atoms in total. The molecule has 1 aliphatic carbocycles. The fourth-order valence-corrected chi connectivity index (χ4v) is 5.10. The number of carbonyl (C=O) groups excluding carboxylic acids is 2. The fraction of sp³-hybridized carbons (Fsp3) is 0.889. The van der Waals surface area contributed by atoms with E-state index in [4.69, 9.17) is 0 Å². The number of amides is 1. The average Bonchev–Trinajstić information content (AvgIpc) is 2.75. The molecule has 1 aliphatic heterocycles. The molecule has 1 amide bonds. The number of hydrogen-bond donors (Lipinski definition) is 2. The van der Waals surface area contributed by atoms with Gasteiger partial charge in [0.1, 0.15) is 11.6 Å². The molecule has 0 radical (unpaired) electrons. The van der Waals surface area contributed by atoms with Gasteiger partial charge in [0.25, 0.3) is 0 Å². The maximum atomic E-state index is 12.6. The van der Waals surface area contributed by atoms with Gasteiger partial charge in [-0.2, -0.15) is 0 Å². The molecule has 2 aliphatic rings. The van der Waals surface area contributed by atoms with Crippen LogP contribution in [0.25, 0.3) is 0 Å². The van der Waals surface area contributed by atoms with Gasteiger partial charge in [-0.3, -0.25) is 9.59 Å². The van der Waals surface area contributed by atoms with Crippen LogP contribution in [0.4, 0.5) is 0 Å². The van der Waals surface area contributed by atoms with Gasteiger partial charge < -0.3 is 10.4 Å². The molecule has 1 unspecified atom stereocenters. The van der Waals surface area contributed by atoms with Gasteiger partial charge in [0, 0.05) is 5.25 Å². The first kappa shape index (κ1) is 18.8. The van der Waals surface area contributed by atoms with Crippen molar-refractivity contribution in [3.8, 4) is 0 Å². The molecule has 23 heavy (non-hydrogen) atoms. The zero-order chi connectivity index (χ0) is 16.9. The van der Waals surface area contributed by atoms with Crippen molar-refractivity contribution in [3.63, 3.8) is 0 Å². The molecule has 0 aromatic heterocycles. The minimum atomic E-state index is -1.26. The van der Waals surface area contributed by atoms with Crippen molar-refractivity contribution in [1.82, 2.24) is 5.32 Å². The Hall–Kier alpha value is -0.550. The zero-order valence-corrected chi connectivity index (χ0v) is 15.3. The molecule has 1 saturated heterocycles. The summed E-state index contributed by atoms with van der Waals surface area (Å²) in [5.74, 6) is -0.616. The lowest BCUT2D eigenvalue weighted by Crippen LogP contribution is -2.48. The van der Waals surface area contributed by atoms with E-state index < -0.39 is 17.6 Å². The minimum Gasteiger partial charge on any atom is -0.387 e. The first-order valence-electron chi connectivity index (χ1n) is 9.20. The normalized spacial score (nSPS) is 32.0. The molecule has 0 aromatic carbocycles. The number of aliphatic hydroxyl groups is 1. The third-order valence-electron chi connectivity index (χ3n) is 5.31. The summed E-state index contributed by atoms with van der Waals surface area (Å²) >= 11 is 1.34. The Balaban J connectivity index is 1.91. The molecular weight excluding hydrogens is 310 g/mol. The SMILES string of the molecule is CCCCCCC1C(=O)N[C@@H](C(=O)SC2CCCCC2)[C@@]1(C)O. The van der Waals surface area contributed by atoms with Crippen LogP contribution < -0.4 is 5.32 Å². The molecule has 1 saturated carbocycles. The van der Waals surface area contributed by atoms with Crippen LogP contribution in [0, 0.1) is 5.92 Å². The number of rotatable bonds is 7. The molecule has 5 heteroatoms. The molecular formula is C18H31NO3S. The number of carbonyl (C=O) groups is 2. The van der Waals surface area contributed by atoms with Crippen molar-refractivity contribution in [1.29, 1.82) is 0 Å². The lowest BCUT2D eigenvalue weighted by molar-refractivity contribution is -0.125. The molecule has 0 spiro atoms. The molecule has 1 heterocycles. The van der Waals surface area contributed by atoms with Gasteiger partial charge in [-0.25, -0.2) is 0 Å². The smallest absolute Gasteiger partial charge is 0.226 e. The molecule has 2 N–H and O–H groups in total. The van der Waals surface area contributed by atoms with E-state index in [1.807, 2.05) is 0 Å². The predicted octanol–water partition coefficient (Wildman–Crippen LogP) is 3.41. The van der Waals surface area contributed by atoms with Crippen LogP contribution in [0.15, 0.2) is 0 Å². The van der Waals surface area contributed by atoms with Crippen LogP contribution in [0.2, 0.25) is 0 Å². The summed E-state index contributed by atoms with van der Waals surface area (Å²) in [5, 5.41) is 13.9. The first-order valence-corrected chi connectivity index (χ1v) is 10.1. The number of thioether (sulfide) groups is 1. The van der Waals surface area contributed by atoms with Crippen LogP contribution in [0.3, 0.4) is 0 Å². The van der Waals surface area contributed by atoms with E-state index in [-0.39, 0.29) is 11.0 Å². The van der Waals surface area contributed by atoms with Gasteiger partial charge in [-0.15, -0.1) is 0 Å². The summed E-state index contributed by atoms with van der Waals surface area (Å²) in [7, 11) is 0. The highest BCUT2D eigenvalue weighted by Gasteiger charge is 2.53. The Morgan fingerprint density at radius 1 is 1.26 bits per heavy atom. The highest BCUT2D eigenvalue weighted by Crippen LogP contribution is 2.37. The quantitative estimate of drug-likeness (QED) is 0.696. The van der Waals surface area contributed by atoms with E-state index in [2.05, 4.69) is 12.2 Å². The molecule has 2 fully saturated rings. The van der Waals surface area contributed by atoms with Crippen molar-refractivity contribution in [2.45, 2.75) is 94.9 Å².